The van der Waals surface area contributed by atoms with Crippen LogP contribution < -0.4 is 10.6 Å². The van der Waals surface area contributed by atoms with Gasteiger partial charge in [0.25, 0.3) is 0 Å². The van der Waals surface area contributed by atoms with Gasteiger partial charge in [-0.3, -0.25) is 0 Å². The minimum Gasteiger partial charge on any atom is -0.378 e. The van der Waals surface area contributed by atoms with Gasteiger partial charge >= 0.3 is 0 Å². The second-order valence-electron chi connectivity index (χ2n) is 3.05. The minimum atomic E-state index is 0.297. The van der Waals surface area contributed by atoms with Gasteiger partial charge in [-0.1, -0.05) is 35.9 Å². The first-order chi connectivity index (χ1) is 5.77. The molecule has 0 bridgehead atoms. The quantitative estimate of drug-likeness (QED) is 0.555. The molecule has 2 aliphatic rings. The summed E-state index contributed by atoms with van der Waals surface area (Å²) < 4.78 is 0. The lowest BCUT2D eigenvalue weighted by molar-refractivity contribution is 0.505. The topological polar surface area (TPSA) is 24.1 Å². The van der Waals surface area contributed by atoms with E-state index in [1.54, 1.807) is 0 Å². The first-order valence-corrected chi connectivity index (χ1v) is 4.39. The van der Waals surface area contributed by atoms with E-state index in [0.29, 0.717) is 12.1 Å². The molecule has 2 nitrogen and oxygen atoms in total. The normalized spacial score (nSPS) is 32.5. The van der Waals surface area contributed by atoms with Gasteiger partial charge in [0.15, 0.2) is 0 Å². The van der Waals surface area contributed by atoms with E-state index >= 15 is 0 Å². The Bertz CT molecular complexity index is 250. The molecule has 0 fully saturated rings. The lowest BCUT2D eigenvalue weighted by Crippen LogP contribution is -2.49. The summed E-state index contributed by atoms with van der Waals surface area (Å²) in [5.74, 6) is 0. The molecule has 0 aromatic carbocycles. The molecule has 3 heteroatoms. The van der Waals surface area contributed by atoms with Gasteiger partial charge in [-0.05, 0) is 6.92 Å². The zero-order valence-corrected chi connectivity index (χ0v) is 7.60. The highest BCUT2D eigenvalue weighted by atomic mass is 35.5. The molecule has 0 saturated carbocycles. The molecule has 12 heavy (non-hydrogen) atoms. The molecule has 0 spiro atoms. The average Bonchev–Trinajstić information content (AvgIpc) is 2.07. The van der Waals surface area contributed by atoms with Crippen molar-refractivity contribution in [1.82, 2.24) is 10.6 Å². The number of fused-ring (bicyclic) bond motifs is 1. The first kappa shape index (κ1) is 7.74. The number of nitrogens with one attached hydrogen (secondary N) is 2. The summed E-state index contributed by atoms with van der Waals surface area (Å²) in [6, 6.07) is 0.642. The maximum atomic E-state index is 5.94. The van der Waals surface area contributed by atoms with Crippen molar-refractivity contribution < 1.29 is 0 Å². The molecule has 1 heterocycles. The molecular formula is C9H11ClN2. The van der Waals surface area contributed by atoms with Crippen LogP contribution >= 0.6 is 11.6 Å². The Kier molecular flexibility index (Phi) is 1.85. The van der Waals surface area contributed by atoms with Crippen LogP contribution in [0.25, 0.3) is 0 Å². The molecular weight excluding hydrogens is 172 g/mol. The summed E-state index contributed by atoms with van der Waals surface area (Å²) in [5, 5.41) is 7.25. The zero-order valence-electron chi connectivity index (χ0n) is 6.84. The Morgan fingerprint density at radius 1 is 1.17 bits per heavy atom. The average molecular weight is 183 g/mol. The Hall–Kier alpha value is -0.890. The first-order valence-electron chi connectivity index (χ1n) is 4.02. The highest BCUT2D eigenvalue weighted by Gasteiger charge is 2.23. The molecule has 0 saturated heterocycles. The third-order valence-corrected chi connectivity index (χ3v) is 2.53. The largest absolute Gasteiger partial charge is 0.378 e. The van der Waals surface area contributed by atoms with Crippen LogP contribution in [-0.4, -0.2) is 12.1 Å². The van der Waals surface area contributed by atoms with Crippen molar-refractivity contribution in [1.29, 1.82) is 0 Å². The molecule has 2 atom stereocenters. The second kappa shape index (κ2) is 2.87. The van der Waals surface area contributed by atoms with Gasteiger partial charge in [0, 0.05) is 5.70 Å². The van der Waals surface area contributed by atoms with Crippen LogP contribution in [0.1, 0.15) is 6.92 Å². The molecule has 2 rings (SSSR count). The molecule has 1 aliphatic heterocycles. The van der Waals surface area contributed by atoms with Crippen LogP contribution in [0.2, 0.25) is 0 Å². The Morgan fingerprint density at radius 3 is 2.42 bits per heavy atom. The molecule has 64 valence electrons. The Labute approximate surface area is 77.0 Å². The van der Waals surface area contributed by atoms with Gasteiger partial charge in [0.2, 0.25) is 0 Å². The van der Waals surface area contributed by atoms with Crippen molar-refractivity contribution in [2.75, 3.05) is 0 Å². The standard InChI is InChI=1S/C9H11ClN2/c1-6-9(10)12-8-5-3-2-4-7(8)11-6/h2-5,7-8,11-12H,1H3. The van der Waals surface area contributed by atoms with Crippen LogP contribution in [0.3, 0.4) is 0 Å². The van der Waals surface area contributed by atoms with Gasteiger partial charge in [-0.15, -0.1) is 0 Å². The molecule has 0 radical (unpaired) electrons. The fourth-order valence-electron chi connectivity index (χ4n) is 1.45. The maximum absolute atomic E-state index is 5.94. The van der Waals surface area contributed by atoms with E-state index in [2.05, 4.69) is 22.8 Å². The highest BCUT2D eigenvalue weighted by Crippen LogP contribution is 2.16. The van der Waals surface area contributed by atoms with Crippen LogP contribution in [0.15, 0.2) is 35.2 Å². The van der Waals surface area contributed by atoms with E-state index in [9.17, 15) is 0 Å². The summed E-state index contributed by atoms with van der Waals surface area (Å²) in [7, 11) is 0. The van der Waals surface area contributed by atoms with Gasteiger partial charge in [-0.2, -0.15) is 0 Å². The summed E-state index contributed by atoms with van der Waals surface area (Å²) in [4.78, 5) is 0. The molecule has 1 aliphatic carbocycles. The van der Waals surface area contributed by atoms with Gasteiger partial charge < -0.3 is 10.6 Å². The fourth-order valence-corrected chi connectivity index (χ4v) is 1.63. The number of hydrogen-bond acceptors (Lipinski definition) is 2. The van der Waals surface area contributed by atoms with E-state index in [1.165, 1.54) is 0 Å². The Balaban J connectivity index is 2.23. The highest BCUT2D eigenvalue weighted by molar-refractivity contribution is 6.29. The van der Waals surface area contributed by atoms with Crippen molar-refractivity contribution >= 4 is 11.6 Å². The van der Waals surface area contributed by atoms with E-state index in [1.807, 2.05) is 19.1 Å². The van der Waals surface area contributed by atoms with Crippen molar-refractivity contribution in [3.8, 4) is 0 Å². The molecule has 2 unspecified atom stereocenters. The van der Waals surface area contributed by atoms with Crippen molar-refractivity contribution in [3.05, 3.63) is 35.2 Å². The zero-order chi connectivity index (χ0) is 8.55. The molecule has 0 amide bonds. The fraction of sp³-hybridized carbons (Fsp3) is 0.333. The van der Waals surface area contributed by atoms with E-state index in [0.717, 1.165) is 10.9 Å². The van der Waals surface area contributed by atoms with E-state index < -0.39 is 0 Å². The van der Waals surface area contributed by atoms with Gasteiger partial charge in [-0.25, -0.2) is 0 Å². The third-order valence-electron chi connectivity index (χ3n) is 2.14. The van der Waals surface area contributed by atoms with Crippen molar-refractivity contribution in [3.63, 3.8) is 0 Å². The lowest BCUT2D eigenvalue weighted by atomic mass is 10.0. The van der Waals surface area contributed by atoms with Crippen LogP contribution in [-0.2, 0) is 0 Å². The monoisotopic (exact) mass is 182 g/mol. The van der Waals surface area contributed by atoms with Crippen molar-refractivity contribution in [2.45, 2.75) is 19.0 Å². The Morgan fingerprint density at radius 2 is 1.75 bits per heavy atom. The summed E-state index contributed by atoms with van der Waals surface area (Å²) >= 11 is 5.94. The second-order valence-corrected chi connectivity index (χ2v) is 3.43. The van der Waals surface area contributed by atoms with Gasteiger partial charge in [0.1, 0.15) is 5.16 Å². The lowest BCUT2D eigenvalue weighted by Gasteiger charge is -2.32. The molecule has 2 N–H and O–H groups in total. The number of rotatable bonds is 0. The van der Waals surface area contributed by atoms with E-state index in [-0.39, 0.29) is 0 Å². The van der Waals surface area contributed by atoms with E-state index in [4.69, 9.17) is 11.6 Å². The number of hydrogen-bond donors (Lipinski definition) is 2. The summed E-state index contributed by atoms with van der Waals surface area (Å²) in [6.07, 6.45) is 8.31. The van der Waals surface area contributed by atoms with Crippen LogP contribution in [0.5, 0.6) is 0 Å². The van der Waals surface area contributed by atoms with Crippen LogP contribution in [0.4, 0.5) is 0 Å². The summed E-state index contributed by atoms with van der Waals surface area (Å²) in [5.41, 5.74) is 1.01. The predicted molar refractivity (Wildman–Crippen MR) is 50.7 cm³/mol. The molecule has 0 aromatic rings. The number of halogens is 1. The van der Waals surface area contributed by atoms with Crippen LogP contribution in [0, 0.1) is 0 Å². The maximum Gasteiger partial charge on any atom is 0.121 e. The SMILES string of the molecule is CC1=C(Cl)NC2C=CC=CC2N1. The predicted octanol–water partition coefficient (Wildman–Crippen LogP) is 1.47. The minimum absolute atomic E-state index is 0.297. The number of allylic oxidation sites excluding steroid dienone is 3. The van der Waals surface area contributed by atoms with Crippen molar-refractivity contribution in [2.24, 2.45) is 0 Å². The van der Waals surface area contributed by atoms with Gasteiger partial charge in [0.05, 0.1) is 12.1 Å². The smallest absolute Gasteiger partial charge is 0.121 e. The molecule has 0 aromatic heterocycles. The summed E-state index contributed by atoms with van der Waals surface area (Å²) in [6.45, 7) is 1.97. The third kappa shape index (κ3) is 1.23.